The highest BCUT2D eigenvalue weighted by Gasteiger charge is 2.19. The number of rotatable bonds is 7. The Kier molecular flexibility index (Phi) is 6.39. The van der Waals surface area contributed by atoms with E-state index in [4.69, 9.17) is 5.73 Å². The zero-order valence-electron chi connectivity index (χ0n) is 15.2. The lowest BCUT2D eigenvalue weighted by atomic mass is 10.1. The summed E-state index contributed by atoms with van der Waals surface area (Å²) >= 11 is 0. The maximum absolute atomic E-state index is 12.8. The van der Waals surface area contributed by atoms with Gasteiger partial charge in [-0.15, -0.1) is 0 Å². The highest BCUT2D eigenvalue weighted by Crippen LogP contribution is 2.21. The van der Waals surface area contributed by atoms with Crippen LogP contribution >= 0.6 is 0 Å². The van der Waals surface area contributed by atoms with Crippen LogP contribution in [0.1, 0.15) is 34.8 Å². The van der Waals surface area contributed by atoms with E-state index in [0.29, 0.717) is 29.8 Å². The summed E-state index contributed by atoms with van der Waals surface area (Å²) < 4.78 is 28.1. The molecule has 0 radical (unpaired) electrons. The van der Waals surface area contributed by atoms with E-state index in [9.17, 15) is 13.2 Å². The molecule has 0 fully saturated rings. The van der Waals surface area contributed by atoms with Gasteiger partial charge in [0.15, 0.2) is 0 Å². The molecular formula is C19H25N3O3S. The fraction of sp³-hybridized carbons (Fsp3) is 0.316. The molecule has 2 aromatic rings. The molecule has 6 nitrogen and oxygen atoms in total. The highest BCUT2D eigenvalue weighted by molar-refractivity contribution is 7.92. The Morgan fingerprint density at radius 1 is 1.15 bits per heavy atom. The zero-order valence-corrected chi connectivity index (χ0v) is 16.1. The second-order valence-electron chi connectivity index (χ2n) is 6.48. The van der Waals surface area contributed by atoms with Gasteiger partial charge in [0.25, 0.3) is 15.9 Å². The summed E-state index contributed by atoms with van der Waals surface area (Å²) in [6.07, 6.45) is 0.650. The highest BCUT2D eigenvalue weighted by atomic mass is 32.2. The lowest BCUT2D eigenvalue weighted by molar-refractivity contribution is 0.0952. The van der Waals surface area contributed by atoms with Crippen LogP contribution in [0.2, 0.25) is 0 Å². The van der Waals surface area contributed by atoms with Crippen LogP contribution in [0, 0.1) is 13.8 Å². The predicted molar refractivity (Wildman–Crippen MR) is 104 cm³/mol. The number of hydrogen-bond acceptors (Lipinski definition) is 4. The smallest absolute Gasteiger partial charge is 0.262 e. The van der Waals surface area contributed by atoms with E-state index in [1.165, 1.54) is 6.07 Å². The van der Waals surface area contributed by atoms with Crippen molar-refractivity contribution in [2.24, 2.45) is 5.73 Å². The van der Waals surface area contributed by atoms with Gasteiger partial charge in [-0.25, -0.2) is 8.42 Å². The largest absolute Gasteiger partial charge is 0.352 e. The fourth-order valence-corrected chi connectivity index (χ4v) is 3.79. The van der Waals surface area contributed by atoms with Crippen LogP contribution in [-0.2, 0) is 10.0 Å². The Morgan fingerprint density at radius 2 is 1.88 bits per heavy atom. The van der Waals surface area contributed by atoms with Crippen molar-refractivity contribution in [3.8, 4) is 0 Å². The maximum Gasteiger partial charge on any atom is 0.262 e. The van der Waals surface area contributed by atoms with Crippen molar-refractivity contribution in [1.29, 1.82) is 0 Å². The van der Waals surface area contributed by atoms with Crippen LogP contribution in [0.3, 0.4) is 0 Å². The zero-order chi connectivity index (χ0) is 19.3. The van der Waals surface area contributed by atoms with Gasteiger partial charge in [0.05, 0.1) is 4.90 Å². The lowest BCUT2D eigenvalue weighted by Gasteiger charge is -2.13. The van der Waals surface area contributed by atoms with Crippen LogP contribution in [-0.4, -0.2) is 26.9 Å². The molecule has 7 heteroatoms. The van der Waals surface area contributed by atoms with Crippen molar-refractivity contribution in [2.75, 3.05) is 11.3 Å². The molecule has 0 aromatic heterocycles. The van der Waals surface area contributed by atoms with E-state index in [1.807, 2.05) is 19.9 Å². The molecule has 0 heterocycles. The Labute approximate surface area is 154 Å². The van der Waals surface area contributed by atoms with Crippen LogP contribution in [0.25, 0.3) is 0 Å². The molecule has 2 rings (SSSR count). The minimum absolute atomic E-state index is 0.0113. The van der Waals surface area contributed by atoms with Crippen molar-refractivity contribution in [3.05, 3.63) is 59.2 Å². The van der Waals surface area contributed by atoms with Gasteiger partial charge in [0, 0.05) is 23.8 Å². The van der Waals surface area contributed by atoms with Gasteiger partial charge in [-0.3, -0.25) is 9.52 Å². The summed E-state index contributed by atoms with van der Waals surface area (Å²) in [6, 6.07) is 11.7. The van der Waals surface area contributed by atoms with Gasteiger partial charge in [0.2, 0.25) is 0 Å². The lowest BCUT2D eigenvalue weighted by Crippen LogP contribution is -2.29. The minimum atomic E-state index is -3.80. The van der Waals surface area contributed by atoms with Gasteiger partial charge in [-0.1, -0.05) is 18.2 Å². The number of hydrogen-bond donors (Lipinski definition) is 3. The molecule has 0 saturated carbocycles. The first kappa shape index (κ1) is 19.9. The first-order chi connectivity index (χ1) is 12.2. The third kappa shape index (κ3) is 5.31. The Morgan fingerprint density at radius 3 is 2.54 bits per heavy atom. The van der Waals surface area contributed by atoms with Gasteiger partial charge < -0.3 is 11.1 Å². The Hall–Kier alpha value is -2.38. The van der Waals surface area contributed by atoms with Gasteiger partial charge in [0.1, 0.15) is 0 Å². The number of anilines is 1. The van der Waals surface area contributed by atoms with Gasteiger partial charge in [-0.2, -0.15) is 0 Å². The van der Waals surface area contributed by atoms with Crippen LogP contribution < -0.4 is 15.8 Å². The number of amides is 1. The van der Waals surface area contributed by atoms with Crippen molar-refractivity contribution >= 4 is 21.6 Å². The molecular weight excluding hydrogens is 350 g/mol. The Bertz CT molecular complexity index is 893. The van der Waals surface area contributed by atoms with Crippen LogP contribution in [0.15, 0.2) is 47.4 Å². The average Bonchev–Trinajstić information content (AvgIpc) is 2.54. The number of nitrogens with two attached hydrogens (primary N) is 1. The van der Waals surface area contributed by atoms with E-state index >= 15 is 0 Å². The van der Waals surface area contributed by atoms with Crippen molar-refractivity contribution in [3.63, 3.8) is 0 Å². The molecule has 140 valence electrons. The molecule has 0 aliphatic heterocycles. The second-order valence-corrected chi connectivity index (χ2v) is 8.13. The number of aryl methyl sites for hydroxylation is 2. The third-order valence-electron chi connectivity index (χ3n) is 3.90. The third-order valence-corrected chi connectivity index (χ3v) is 5.42. The summed E-state index contributed by atoms with van der Waals surface area (Å²) in [5, 5.41) is 2.75. The van der Waals surface area contributed by atoms with Crippen molar-refractivity contribution in [2.45, 2.75) is 38.1 Å². The SMILES string of the molecule is Cc1cccc(NS(=O)(=O)c2cc(C(=O)NCCC(C)N)ccc2C)c1. The van der Waals surface area contributed by atoms with E-state index in [-0.39, 0.29) is 16.8 Å². The topological polar surface area (TPSA) is 101 Å². The number of benzene rings is 2. The van der Waals surface area contributed by atoms with Crippen LogP contribution in [0.5, 0.6) is 0 Å². The first-order valence-corrected chi connectivity index (χ1v) is 9.91. The van der Waals surface area contributed by atoms with Crippen molar-refractivity contribution < 1.29 is 13.2 Å². The standard InChI is InChI=1S/C19H25N3O3S/c1-13-5-4-6-17(11-13)22-26(24,25)18-12-16(8-7-14(18)2)19(23)21-10-9-15(3)20/h4-8,11-12,15,22H,9-10,20H2,1-3H3,(H,21,23). The minimum Gasteiger partial charge on any atom is -0.352 e. The summed E-state index contributed by atoms with van der Waals surface area (Å²) in [5.41, 5.74) is 7.96. The normalized spacial score (nSPS) is 12.5. The molecule has 26 heavy (non-hydrogen) atoms. The maximum atomic E-state index is 12.8. The second kappa shape index (κ2) is 8.33. The van der Waals surface area contributed by atoms with E-state index in [2.05, 4.69) is 10.0 Å². The summed E-state index contributed by atoms with van der Waals surface area (Å²) in [4.78, 5) is 12.3. The predicted octanol–water partition coefficient (Wildman–Crippen LogP) is 2.57. The molecule has 1 unspecified atom stereocenters. The van der Waals surface area contributed by atoms with Gasteiger partial charge in [-0.05, 0) is 62.6 Å². The molecule has 4 N–H and O–H groups in total. The monoisotopic (exact) mass is 375 g/mol. The molecule has 0 spiro atoms. The molecule has 0 aliphatic rings. The Balaban J connectivity index is 2.24. The first-order valence-electron chi connectivity index (χ1n) is 8.43. The summed E-state index contributed by atoms with van der Waals surface area (Å²) in [5.74, 6) is -0.322. The van der Waals surface area contributed by atoms with Crippen LogP contribution in [0.4, 0.5) is 5.69 Å². The molecule has 1 amide bonds. The molecule has 2 aromatic carbocycles. The number of nitrogens with one attached hydrogen (secondary N) is 2. The number of carbonyl (C=O) groups excluding carboxylic acids is 1. The average molecular weight is 375 g/mol. The van der Waals surface area contributed by atoms with E-state index in [0.717, 1.165) is 5.56 Å². The van der Waals surface area contributed by atoms with E-state index < -0.39 is 10.0 Å². The molecule has 0 aliphatic carbocycles. The molecule has 1 atom stereocenters. The molecule has 0 saturated heterocycles. The van der Waals surface area contributed by atoms with Crippen molar-refractivity contribution in [1.82, 2.24) is 5.32 Å². The number of carbonyl (C=O) groups is 1. The fourth-order valence-electron chi connectivity index (χ4n) is 2.46. The van der Waals surface area contributed by atoms with Gasteiger partial charge >= 0.3 is 0 Å². The molecule has 0 bridgehead atoms. The summed E-state index contributed by atoms with van der Waals surface area (Å²) in [7, 11) is -3.80. The summed E-state index contributed by atoms with van der Waals surface area (Å²) in [6.45, 7) is 5.88. The van der Waals surface area contributed by atoms with E-state index in [1.54, 1.807) is 37.3 Å². The number of sulfonamides is 1. The quantitative estimate of drug-likeness (QED) is 0.692.